The third-order valence-corrected chi connectivity index (χ3v) is 4.72. The van der Waals surface area contributed by atoms with Crippen molar-refractivity contribution >= 4 is 23.2 Å². The van der Waals surface area contributed by atoms with Crippen LogP contribution in [-0.2, 0) is 12.8 Å². The van der Waals surface area contributed by atoms with E-state index < -0.39 is 0 Å². The van der Waals surface area contributed by atoms with Crippen LogP contribution in [0.4, 0.5) is 0 Å². The number of hydrogen-bond acceptors (Lipinski definition) is 2. The molecule has 4 heteroatoms. The van der Waals surface area contributed by atoms with Gasteiger partial charge in [-0.15, -0.1) is 0 Å². The van der Waals surface area contributed by atoms with E-state index in [2.05, 4.69) is 6.07 Å². The van der Waals surface area contributed by atoms with Gasteiger partial charge in [-0.05, 0) is 42.2 Å². The van der Waals surface area contributed by atoms with Crippen LogP contribution < -0.4 is 10.5 Å². The maximum atomic E-state index is 6.38. The van der Waals surface area contributed by atoms with Gasteiger partial charge < -0.3 is 10.5 Å². The highest BCUT2D eigenvalue weighted by molar-refractivity contribution is 6.36. The number of para-hydroxylation sites is 1. The predicted molar refractivity (Wildman–Crippen MR) is 87.3 cm³/mol. The number of nitrogens with two attached hydrogens (primary N) is 1. The number of hydrogen-bond donors (Lipinski definition) is 1. The van der Waals surface area contributed by atoms with Crippen molar-refractivity contribution < 1.29 is 4.74 Å². The summed E-state index contributed by atoms with van der Waals surface area (Å²) in [6.45, 7) is 0.639. The zero-order valence-electron chi connectivity index (χ0n) is 11.6. The van der Waals surface area contributed by atoms with Gasteiger partial charge in [-0.3, -0.25) is 0 Å². The van der Waals surface area contributed by atoms with Crippen molar-refractivity contribution in [1.82, 2.24) is 0 Å². The molecule has 2 atom stereocenters. The van der Waals surface area contributed by atoms with Gasteiger partial charge in [0.1, 0.15) is 5.75 Å². The van der Waals surface area contributed by atoms with E-state index >= 15 is 0 Å². The molecule has 1 aliphatic heterocycles. The maximum absolute atomic E-state index is 6.38. The SMILES string of the molecule is NC(Cc1c(Cl)cccc1Cl)C1COc2ccccc2C1. The van der Waals surface area contributed by atoms with Gasteiger partial charge in [0.05, 0.1) is 6.61 Å². The Hall–Kier alpha value is -1.22. The van der Waals surface area contributed by atoms with E-state index in [1.54, 1.807) is 0 Å². The molecule has 0 fully saturated rings. The summed E-state index contributed by atoms with van der Waals surface area (Å²) in [7, 11) is 0. The molecule has 21 heavy (non-hydrogen) atoms. The van der Waals surface area contributed by atoms with Gasteiger partial charge in [-0.25, -0.2) is 0 Å². The van der Waals surface area contributed by atoms with Gasteiger partial charge in [0, 0.05) is 22.0 Å². The summed E-state index contributed by atoms with van der Waals surface area (Å²) in [4.78, 5) is 0. The molecule has 110 valence electrons. The minimum Gasteiger partial charge on any atom is -0.493 e. The van der Waals surface area contributed by atoms with Crippen LogP contribution in [0.15, 0.2) is 42.5 Å². The standard InChI is InChI=1S/C17H17Cl2NO/c18-14-5-3-6-15(19)13(14)9-16(20)12-8-11-4-1-2-7-17(11)21-10-12/h1-7,12,16H,8-10,20H2. The van der Waals surface area contributed by atoms with E-state index in [0.29, 0.717) is 23.1 Å². The van der Waals surface area contributed by atoms with Crippen LogP contribution in [0.2, 0.25) is 10.0 Å². The van der Waals surface area contributed by atoms with Crippen molar-refractivity contribution in [3.05, 3.63) is 63.6 Å². The first kappa shape index (κ1) is 14.7. The monoisotopic (exact) mass is 321 g/mol. The molecule has 2 N–H and O–H groups in total. The summed E-state index contributed by atoms with van der Waals surface area (Å²) >= 11 is 12.4. The highest BCUT2D eigenvalue weighted by atomic mass is 35.5. The van der Waals surface area contributed by atoms with Crippen molar-refractivity contribution in [3.63, 3.8) is 0 Å². The molecular weight excluding hydrogens is 305 g/mol. The second-order valence-electron chi connectivity index (χ2n) is 5.45. The van der Waals surface area contributed by atoms with E-state index in [1.165, 1.54) is 5.56 Å². The fraction of sp³-hybridized carbons (Fsp3) is 0.294. The normalized spacial score (nSPS) is 18.7. The van der Waals surface area contributed by atoms with Crippen molar-refractivity contribution in [1.29, 1.82) is 0 Å². The average molecular weight is 322 g/mol. The Balaban J connectivity index is 1.74. The molecule has 1 aliphatic rings. The lowest BCUT2D eigenvalue weighted by molar-refractivity contribution is 0.199. The Morgan fingerprint density at radius 3 is 2.57 bits per heavy atom. The fourth-order valence-corrected chi connectivity index (χ4v) is 3.31. The largest absolute Gasteiger partial charge is 0.493 e. The third-order valence-electron chi connectivity index (χ3n) is 4.01. The zero-order valence-corrected chi connectivity index (χ0v) is 13.1. The number of ether oxygens (including phenoxy) is 1. The van der Waals surface area contributed by atoms with Gasteiger partial charge in [-0.2, -0.15) is 0 Å². The van der Waals surface area contributed by atoms with Gasteiger partial charge in [-0.1, -0.05) is 47.5 Å². The summed E-state index contributed by atoms with van der Waals surface area (Å²) in [6.07, 6.45) is 1.59. The number of benzene rings is 2. The van der Waals surface area contributed by atoms with Crippen molar-refractivity contribution in [2.45, 2.75) is 18.9 Å². The Morgan fingerprint density at radius 2 is 1.81 bits per heavy atom. The molecule has 2 aromatic rings. The Labute approximate surface area is 134 Å². The molecule has 0 amide bonds. The molecule has 2 unspecified atom stereocenters. The van der Waals surface area contributed by atoms with E-state index in [4.69, 9.17) is 33.7 Å². The van der Waals surface area contributed by atoms with Crippen LogP contribution in [0.3, 0.4) is 0 Å². The Bertz CT molecular complexity index is 624. The minimum absolute atomic E-state index is 0.0317. The third kappa shape index (κ3) is 3.18. The first-order valence-corrected chi connectivity index (χ1v) is 7.80. The smallest absolute Gasteiger partial charge is 0.122 e. The lowest BCUT2D eigenvalue weighted by Gasteiger charge is -2.30. The van der Waals surface area contributed by atoms with Crippen molar-refractivity contribution in [2.24, 2.45) is 11.7 Å². The average Bonchev–Trinajstić information content (AvgIpc) is 2.50. The van der Waals surface area contributed by atoms with Crippen LogP contribution >= 0.6 is 23.2 Å². The molecule has 3 rings (SSSR count). The summed E-state index contributed by atoms with van der Waals surface area (Å²) in [5.41, 5.74) is 8.52. The highest BCUT2D eigenvalue weighted by Crippen LogP contribution is 2.31. The van der Waals surface area contributed by atoms with Gasteiger partial charge >= 0.3 is 0 Å². The molecule has 1 heterocycles. The maximum Gasteiger partial charge on any atom is 0.122 e. The van der Waals surface area contributed by atoms with Crippen molar-refractivity contribution in [2.75, 3.05) is 6.61 Å². The molecule has 0 spiro atoms. The summed E-state index contributed by atoms with van der Waals surface area (Å²) in [5, 5.41) is 1.35. The summed E-state index contributed by atoms with van der Waals surface area (Å²) < 4.78 is 5.81. The first-order valence-electron chi connectivity index (χ1n) is 7.04. The molecule has 0 radical (unpaired) electrons. The molecule has 0 saturated heterocycles. The van der Waals surface area contributed by atoms with E-state index in [1.807, 2.05) is 36.4 Å². The molecular formula is C17H17Cl2NO. The van der Waals surface area contributed by atoms with E-state index in [9.17, 15) is 0 Å². The quantitative estimate of drug-likeness (QED) is 0.923. The lowest BCUT2D eigenvalue weighted by atomic mass is 9.87. The van der Waals surface area contributed by atoms with Crippen LogP contribution in [0.25, 0.3) is 0 Å². The van der Waals surface area contributed by atoms with Crippen LogP contribution in [0.1, 0.15) is 11.1 Å². The molecule has 0 aromatic heterocycles. The number of fused-ring (bicyclic) bond motifs is 1. The van der Waals surface area contributed by atoms with Crippen LogP contribution in [0.5, 0.6) is 5.75 Å². The second-order valence-corrected chi connectivity index (χ2v) is 6.27. The lowest BCUT2D eigenvalue weighted by Crippen LogP contribution is -2.39. The van der Waals surface area contributed by atoms with E-state index in [-0.39, 0.29) is 12.0 Å². The Morgan fingerprint density at radius 1 is 1.10 bits per heavy atom. The van der Waals surface area contributed by atoms with Gasteiger partial charge in [0.15, 0.2) is 0 Å². The first-order chi connectivity index (χ1) is 10.1. The number of rotatable bonds is 3. The molecule has 2 nitrogen and oxygen atoms in total. The highest BCUT2D eigenvalue weighted by Gasteiger charge is 2.26. The predicted octanol–water partition coefficient (Wildman–Crippen LogP) is 4.11. The van der Waals surface area contributed by atoms with Crippen molar-refractivity contribution in [3.8, 4) is 5.75 Å². The topological polar surface area (TPSA) is 35.2 Å². The molecule has 0 bridgehead atoms. The molecule has 2 aromatic carbocycles. The minimum atomic E-state index is -0.0317. The number of halogens is 2. The second kappa shape index (κ2) is 6.27. The van der Waals surface area contributed by atoms with Gasteiger partial charge in [0.25, 0.3) is 0 Å². The fourth-order valence-electron chi connectivity index (χ4n) is 2.76. The van der Waals surface area contributed by atoms with E-state index in [0.717, 1.165) is 17.7 Å². The molecule has 0 saturated carbocycles. The zero-order chi connectivity index (χ0) is 14.8. The Kier molecular flexibility index (Phi) is 4.39. The summed E-state index contributed by atoms with van der Waals surface area (Å²) in [5.74, 6) is 1.24. The van der Waals surface area contributed by atoms with Crippen LogP contribution in [-0.4, -0.2) is 12.6 Å². The van der Waals surface area contributed by atoms with Crippen LogP contribution in [0, 0.1) is 5.92 Å². The molecule has 0 aliphatic carbocycles. The van der Waals surface area contributed by atoms with Gasteiger partial charge in [0.2, 0.25) is 0 Å². The summed E-state index contributed by atoms with van der Waals surface area (Å²) in [6, 6.07) is 13.6.